The highest BCUT2D eigenvalue weighted by atomic mass is 35.5. The molecule has 0 radical (unpaired) electrons. The average Bonchev–Trinajstić information content (AvgIpc) is 2.96. The summed E-state index contributed by atoms with van der Waals surface area (Å²) in [7, 11) is 0. The number of ether oxygens (including phenoxy) is 3. The Bertz CT molecular complexity index is 458. The average molecular weight is 270 g/mol. The first kappa shape index (κ1) is 12.1. The summed E-state index contributed by atoms with van der Waals surface area (Å²) in [5.74, 6) is 1.38. The molecule has 0 saturated carbocycles. The first-order valence-corrected chi connectivity index (χ1v) is 6.45. The van der Waals surface area contributed by atoms with Crippen molar-refractivity contribution < 1.29 is 14.2 Å². The molecule has 18 heavy (non-hydrogen) atoms. The van der Waals surface area contributed by atoms with Crippen LogP contribution in [0.5, 0.6) is 11.5 Å². The molecule has 1 N–H and O–H groups in total. The summed E-state index contributed by atoms with van der Waals surface area (Å²) in [5.41, 5.74) is 1.15. The molecule has 1 unspecified atom stereocenters. The SMILES string of the molecule is CC1(NCc2cc(Cl)c3c(c2)OCO3)CCOC1. The minimum Gasteiger partial charge on any atom is -0.454 e. The Hall–Kier alpha value is -0.970. The molecule has 2 heterocycles. The number of fused-ring (bicyclic) bond motifs is 1. The van der Waals surface area contributed by atoms with E-state index < -0.39 is 0 Å². The second-order valence-electron chi connectivity index (χ2n) is 5.03. The summed E-state index contributed by atoms with van der Waals surface area (Å²) < 4.78 is 16.1. The number of rotatable bonds is 3. The summed E-state index contributed by atoms with van der Waals surface area (Å²) in [4.78, 5) is 0. The van der Waals surface area contributed by atoms with Gasteiger partial charge < -0.3 is 19.5 Å². The zero-order valence-corrected chi connectivity index (χ0v) is 11.0. The highest BCUT2D eigenvalue weighted by molar-refractivity contribution is 6.32. The summed E-state index contributed by atoms with van der Waals surface area (Å²) in [6.07, 6.45) is 1.03. The van der Waals surface area contributed by atoms with Gasteiger partial charge in [-0.25, -0.2) is 0 Å². The largest absolute Gasteiger partial charge is 0.454 e. The molecule has 4 nitrogen and oxygen atoms in total. The molecule has 0 amide bonds. The van der Waals surface area contributed by atoms with E-state index in [-0.39, 0.29) is 12.3 Å². The topological polar surface area (TPSA) is 39.7 Å². The van der Waals surface area contributed by atoms with Crippen molar-refractivity contribution in [2.45, 2.75) is 25.4 Å². The van der Waals surface area contributed by atoms with Crippen LogP contribution in [0, 0.1) is 0 Å². The van der Waals surface area contributed by atoms with E-state index in [1.807, 2.05) is 12.1 Å². The maximum atomic E-state index is 6.15. The van der Waals surface area contributed by atoms with Gasteiger partial charge in [-0.3, -0.25) is 0 Å². The van der Waals surface area contributed by atoms with Crippen molar-refractivity contribution in [3.05, 3.63) is 22.7 Å². The normalized spacial score (nSPS) is 25.7. The standard InChI is InChI=1S/C13H16ClNO3/c1-13(2-3-16-7-13)15-6-9-4-10(14)12-11(5-9)17-8-18-12/h4-5,15H,2-3,6-8H2,1H3. The molecule has 0 aromatic heterocycles. The van der Waals surface area contributed by atoms with Crippen LogP contribution in [-0.2, 0) is 11.3 Å². The highest BCUT2D eigenvalue weighted by Gasteiger charge is 2.29. The number of benzene rings is 1. The van der Waals surface area contributed by atoms with E-state index in [0.29, 0.717) is 10.8 Å². The lowest BCUT2D eigenvalue weighted by molar-refractivity contribution is 0.171. The molecular formula is C13H16ClNO3. The molecule has 5 heteroatoms. The van der Waals surface area contributed by atoms with E-state index in [9.17, 15) is 0 Å². The second kappa shape index (κ2) is 4.61. The molecule has 1 saturated heterocycles. The Morgan fingerprint density at radius 3 is 3.06 bits per heavy atom. The van der Waals surface area contributed by atoms with Gasteiger partial charge in [-0.1, -0.05) is 11.6 Å². The van der Waals surface area contributed by atoms with Crippen LogP contribution in [0.25, 0.3) is 0 Å². The van der Waals surface area contributed by atoms with Crippen LogP contribution in [0.4, 0.5) is 0 Å². The van der Waals surface area contributed by atoms with Gasteiger partial charge in [-0.2, -0.15) is 0 Å². The molecule has 0 spiro atoms. The van der Waals surface area contributed by atoms with Crippen molar-refractivity contribution in [2.24, 2.45) is 0 Å². The lowest BCUT2D eigenvalue weighted by Crippen LogP contribution is -2.42. The predicted molar refractivity (Wildman–Crippen MR) is 68.3 cm³/mol. The number of hydrogen-bond donors (Lipinski definition) is 1. The number of halogens is 1. The van der Waals surface area contributed by atoms with E-state index in [1.54, 1.807) is 0 Å². The van der Waals surface area contributed by atoms with Gasteiger partial charge in [0.25, 0.3) is 0 Å². The third kappa shape index (κ3) is 2.28. The fraction of sp³-hybridized carbons (Fsp3) is 0.538. The van der Waals surface area contributed by atoms with Gasteiger partial charge in [0.2, 0.25) is 6.79 Å². The van der Waals surface area contributed by atoms with Crippen molar-refractivity contribution >= 4 is 11.6 Å². The van der Waals surface area contributed by atoms with Crippen LogP contribution in [-0.4, -0.2) is 25.5 Å². The Balaban J connectivity index is 1.71. The van der Waals surface area contributed by atoms with Crippen LogP contribution < -0.4 is 14.8 Å². The minimum absolute atomic E-state index is 0.0584. The van der Waals surface area contributed by atoms with E-state index in [0.717, 1.165) is 37.5 Å². The summed E-state index contributed by atoms with van der Waals surface area (Å²) in [6, 6.07) is 3.89. The van der Waals surface area contributed by atoms with Gasteiger partial charge in [0.15, 0.2) is 11.5 Å². The summed E-state index contributed by atoms with van der Waals surface area (Å²) in [6.45, 7) is 4.75. The second-order valence-corrected chi connectivity index (χ2v) is 5.44. The maximum Gasteiger partial charge on any atom is 0.231 e. The van der Waals surface area contributed by atoms with Crippen molar-refractivity contribution in [1.82, 2.24) is 5.32 Å². The monoisotopic (exact) mass is 269 g/mol. The fourth-order valence-corrected chi connectivity index (χ4v) is 2.53. The van der Waals surface area contributed by atoms with E-state index in [4.69, 9.17) is 25.8 Å². The zero-order chi connectivity index (χ0) is 12.6. The Kier molecular flexibility index (Phi) is 3.09. The Morgan fingerprint density at radius 2 is 2.28 bits per heavy atom. The van der Waals surface area contributed by atoms with Crippen LogP contribution in [0.15, 0.2) is 12.1 Å². The first-order valence-electron chi connectivity index (χ1n) is 6.07. The lowest BCUT2D eigenvalue weighted by Gasteiger charge is -2.23. The zero-order valence-electron chi connectivity index (χ0n) is 10.3. The number of hydrogen-bond acceptors (Lipinski definition) is 4. The van der Waals surface area contributed by atoms with Gasteiger partial charge in [-0.05, 0) is 31.0 Å². The van der Waals surface area contributed by atoms with Crippen LogP contribution in [0.3, 0.4) is 0 Å². The van der Waals surface area contributed by atoms with Crippen molar-refractivity contribution in [3.63, 3.8) is 0 Å². The maximum absolute atomic E-state index is 6.15. The highest BCUT2D eigenvalue weighted by Crippen LogP contribution is 2.39. The van der Waals surface area contributed by atoms with E-state index in [1.165, 1.54) is 0 Å². The van der Waals surface area contributed by atoms with Gasteiger partial charge in [0, 0.05) is 18.7 Å². The van der Waals surface area contributed by atoms with E-state index in [2.05, 4.69) is 12.2 Å². The number of nitrogens with one attached hydrogen (secondary N) is 1. The Morgan fingerprint density at radius 1 is 1.39 bits per heavy atom. The van der Waals surface area contributed by atoms with Gasteiger partial charge in [0.05, 0.1) is 11.6 Å². The molecule has 1 aromatic carbocycles. The van der Waals surface area contributed by atoms with Gasteiger partial charge >= 0.3 is 0 Å². The van der Waals surface area contributed by atoms with Crippen LogP contribution in [0.2, 0.25) is 5.02 Å². The smallest absolute Gasteiger partial charge is 0.231 e. The fourth-order valence-electron chi connectivity index (χ4n) is 2.24. The van der Waals surface area contributed by atoms with Crippen molar-refractivity contribution in [2.75, 3.05) is 20.0 Å². The van der Waals surface area contributed by atoms with Crippen molar-refractivity contribution in [3.8, 4) is 11.5 Å². The molecule has 98 valence electrons. The minimum atomic E-state index is 0.0584. The summed E-state index contributed by atoms with van der Waals surface area (Å²) >= 11 is 6.15. The van der Waals surface area contributed by atoms with Crippen molar-refractivity contribution in [1.29, 1.82) is 0 Å². The quantitative estimate of drug-likeness (QED) is 0.914. The molecule has 2 aliphatic heterocycles. The predicted octanol–water partition coefficient (Wildman–Crippen LogP) is 2.34. The molecule has 1 aromatic rings. The van der Waals surface area contributed by atoms with Gasteiger partial charge in [0.1, 0.15) is 0 Å². The molecule has 0 bridgehead atoms. The molecule has 1 atom stereocenters. The van der Waals surface area contributed by atoms with E-state index >= 15 is 0 Å². The molecule has 3 rings (SSSR count). The van der Waals surface area contributed by atoms with Crippen LogP contribution >= 0.6 is 11.6 Å². The molecular weight excluding hydrogens is 254 g/mol. The molecule has 2 aliphatic rings. The van der Waals surface area contributed by atoms with Crippen LogP contribution in [0.1, 0.15) is 18.9 Å². The molecule has 1 fully saturated rings. The molecule has 0 aliphatic carbocycles. The first-order chi connectivity index (χ1) is 8.66. The summed E-state index contributed by atoms with van der Waals surface area (Å²) in [5, 5.41) is 4.12. The van der Waals surface area contributed by atoms with Gasteiger partial charge in [-0.15, -0.1) is 0 Å². The third-order valence-corrected chi connectivity index (χ3v) is 3.71. The Labute approximate surface area is 111 Å². The lowest BCUT2D eigenvalue weighted by atomic mass is 10.0. The third-order valence-electron chi connectivity index (χ3n) is 3.43.